The van der Waals surface area contributed by atoms with Gasteiger partial charge >= 0.3 is 0 Å². The minimum Gasteiger partial charge on any atom is -0.356 e. The number of anilines is 1. The number of hydrogen-bond acceptors (Lipinski definition) is 8. The fourth-order valence-corrected chi connectivity index (χ4v) is 5.74. The highest BCUT2D eigenvalue weighted by molar-refractivity contribution is 8.00. The van der Waals surface area contributed by atoms with Crippen LogP contribution in [-0.4, -0.2) is 20.2 Å². The van der Waals surface area contributed by atoms with E-state index >= 15 is 0 Å². The summed E-state index contributed by atoms with van der Waals surface area (Å²) in [4.78, 5) is 20.8. The zero-order valence-electron chi connectivity index (χ0n) is 16.8. The highest BCUT2D eigenvalue weighted by Crippen LogP contribution is 2.32. The number of H-pyrrole nitrogens is 1. The highest BCUT2D eigenvalue weighted by Gasteiger charge is 2.14. The Kier molecular flexibility index (Phi) is 6.16. The van der Waals surface area contributed by atoms with Gasteiger partial charge in [0.1, 0.15) is 22.3 Å². The number of aromatic nitrogens is 4. The lowest BCUT2D eigenvalue weighted by molar-refractivity contribution is 0.627. The minimum atomic E-state index is -0.324. The molecule has 0 saturated carbocycles. The number of nitrogens with zero attached hydrogens (tertiary/aromatic N) is 3. The third kappa shape index (κ3) is 4.95. The van der Waals surface area contributed by atoms with E-state index < -0.39 is 0 Å². The molecular weight excluding hydrogens is 484 g/mol. The van der Waals surface area contributed by atoms with Crippen LogP contribution in [0.4, 0.5) is 13.9 Å². The predicted octanol–water partition coefficient (Wildman–Crippen LogP) is 5.69. The molecule has 0 amide bonds. The Morgan fingerprint density at radius 2 is 1.73 bits per heavy atom. The van der Waals surface area contributed by atoms with E-state index in [0.717, 1.165) is 21.0 Å². The van der Waals surface area contributed by atoms with Crippen LogP contribution < -0.4 is 10.9 Å². The molecule has 0 spiro atoms. The van der Waals surface area contributed by atoms with Gasteiger partial charge in [0.2, 0.25) is 5.13 Å². The summed E-state index contributed by atoms with van der Waals surface area (Å²) in [5, 5.41) is 14.5. The molecular formula is C22H15F2N5OS3. The Balaban J connectivity index is 1.26. The van der Waals surface area contributed by atoms with Crippen molar-refractivity contribution < 1.29 is 8.78 Å². The molecule has 5 rings (SSSR count). The van der Waals surface area contributed by atoms with Crippen molar-refractivity contribution in [3.05, 3.63) is 87.3 Å². The Labute approximate surface area is 198 Å². The molecule has 0 fully saturated rings. The molecule has 2 N–H and O–H groups in total. The maximum absolute atomic E-state index is 13.2. The summed E-state index contributed by atoms with van der Waals surface area (Å²) in [6, 6.07) is 12.3. The Hall–Kier alpha value is -3.15. The number of thiophene rings is 1. The van der Waals surface area contributed by atoms with Crippen LogP contribution in [0.25, 0.3) is 21.3 Å². The number of hydrogen-bond donors (Lipinski definition) is 2. The van der Waals surface area contributed by atoms with Crippen LogP contribution in [-0.2, 0) is 12.3 Å². The fraction of sp³-hybridized carbons (Fsp3) is 0.0909. The second-order valence-electron chi connectivity index (χ2n) is 6.99. The summed E-state index contributed by atoms with van der Waals surface area (Å²) in [7, 11) is 0. The molecule has 2 aromatic carbocycles. The van der Waals surface area contributed by atoms with Crippen molar-refractivity contribution in [3.8, 4) is 11.1 Å². The van der Waals surface area contributed by atoms with E-state index in [9.17, 15) is 13.6 Å². The summed E-state index contributed by atoms with van der Waals surface area (Å²) in [5.41, 5.74) is 2.22. The van der Waals surface area contributed by atoms with Crippen molar-refractivity contribution in [2.24, 2.45) is 0 Å². The van der Waals surface area contributed by atoms with E-state index in [1.54, 1.807) is 24.3 Å². The predicted molar refractivity (Wildman–Crippen MR) is 129 cm³/mol. The van der Waals surface area contributed by atoms with E-state index in [2.05, 4.69) is 25.5 Å². The van der Waals surface area contributed by atoms with Gasteiger partial charge in [-0.05, 0) is 35.4 Å². The molecule has 5 aromatic rings. The molecule has 0 saturated heterocycles. The maximum atomic E-state index is 13.2. The van der Waals surface area contributed by atoms with Gasteiger partial charge in [-0.2, -0.15) is 0 Å². The number of halogens is 2. The number of aromatic amines is 1. The maximum Gasteiger partial charge on any atom is 0.260 e. The van der Waals surface area contributed by atoms with Gasteiger partial charge in [-0.25, -0.2) is 13.8 Å². The van der Waals surface area contributed by atoms with E-state index in [1.807, 2.05) is 5.38 Å². The van der Waals surface area contributed by atoms with Gasteiger partial charge in [0, 0.05) is 17.5 Å². The number of thioether (sulfide) groups is 1. The van der Waals surface area contributed by atoms with Crippen LogP contribution in [0.5, 0.6) is 0 Å². The smallest absolute Gasteiger partial charge is 0.260 e. The van der Waals surface area contributed by atoms with Crippen molar-refractivity contribution in [2.75, 3.05) is 5.32 Å². The van der Waals surface area contributed by atoms with Crippen LogP contribution in [0, 0.1) is 11.6 Å². The lowest BCUT2D eigenvalue weighted by Crippen LogP contribution is -2.10. The molecule has 3 heterocycles. The lowest BCUT2D eigenvalue weighted by Gasteiger charge is -2.02. The fourth-order valence-electron chi connectivity index (χ4n) is 3.15. The molecule has 0 aliphatic rings. The zero-order valence-corrected chi connectivity index (χ0v) is 19.3. The second kappa shape index (κ2) is 9.38. The average molecular weight is 500 g/mol. The number of benzene rings is 2. The van der Waals surface area contributed by atoms with E-state index in [1.165, 1.54) is 58.7 Å². The van der Waals surface area contributed by atoms with E-state index in [4.69, 9.17) is 0 Å². The van der Waals surface area contributed by atoms with Crippen LogP contribution in [0.1, 0.15) is 11.4 Å². The van der Waals surface area contributed by atoms with E-state index in [-0.39, 0.29) is 17.2 Å². The van der Waals surface area contributed by atoms with Gasteiger partial charge in [0.25, 0.3) is 5.56 Å². The standard InChI is InChI=1S/C22H15F2N5OS3/c23-14-5-1-12(2-6-14)9-25-21-28-29-22(33-21)32-11-17-26-19(30)18-16(10-31-20(18)27-17)13-3-7-15(24)8-4-13/h1-8,10H,9,11H2,(H,25,28)(H,26,27,30). The van der Waals surface area contributed by atoms with Crippen molar-refractivity contribution in [3.63, 3.8) is 0 Å². The SMILES string of the molecule is O=c1[nH]c(CSc2nnc(NCc3ccc(F)cc3)s2)nc2scc(-c3ccc(F)cc3)c12. The first kappa shape index (κ1) is 21.7. The first-order chi connectivity index (χ1) is 16.0. The topological polar surface area (TPSA) is 83.6 Å². The molecule has 0 aliphatic carbocycles. The van der Waals surface area contributed by atoms with Gasteiger partial charge in [0.15, 0.2) is 4.34 Å². The van der Waals surface area contributed by atoms with E-state index in [0.29, 0.717) is 33.5 Å². The summed E-state index contributed by atoms with van der Waals surface area (Å²) in [5.74, 6) is 0.380. The molecule has 0 unspecified atom stereocenters. The van der Waals surface area contributed by atoms with Crippen LogP contribution >= 0.6 is 34.4 Å². The van der Waals surface area contributed by atoms with Gasteiger partial charge in [-0.3, -0.25) is 4.79 Å². The van der Waals surface area contributed by atoms with Crippen molar-refractivity contribution >= 4 is 49.8 Å². The summed E-state index contributed by atoms with van der Waals surface area (Å²) in [6.07, 6.45) is 0. The molecule has 3 aromatic heterocycles. The van der Waals surface area contributed by atoms with Crippen molar-refractivity contribution in [1.29, 1.82) is 0 Å². The molecule has 0 atom stereocenters. The summed E-state index contributed by atoms with van der Waals surface area (Å²) < 4.78 is 27.0. The average Bonchev–Trinajstić information content (AvgIpc) is 3.45. The first-order valence-corrected chi connectivity index (χ1v) is 12.4. The number of fused-ring (bicyclic) bond motifs is 1. The summed E-state index contributed by atoms with van der Waals surface area (Å²) >= 11 is 4.20. The minimum absolute atomic E-state index is 0.227. The van der Waals surface area contributed by atoms with Gasteiger partial charge in [0.05, 0.1) is 11.1 Å². The quantitative estimate of drug-likeness (QED) is 0.280. The molecule has 33 heavy (non-hydrogen) atoms. The Bertz CT molecular complexity index is 1460. The molecule has 0 bridgehead atoms. The molecule has 11 heteroatoms. The van der Waals surface area contributed by atoms with Crippen molar-refractivity contribution in [2.45, 2.75) is 16.6 Å². The lowest BCUT2D eigenvalue weighted by atomic mass is 10.1. The number of nitrogens with one attached hydrogen (secondary N) is 2. The van der Waals surface area contributed by atoms with Crippen LogP contribution in [0.15, 0.2) is 63.0 Å². The van der Waals surface area contributed by atoms with Crippen molar-refractivity contribution in [1.82, 2.24) is 20.2 Å². The number of rotatable bonds is 7. The molecule has 6 nitrogen and oxygen atoms in total. The zero-order chi connectivity index (χ0) is 22.8. The highest BCUT2D eigenvalue weighted by atomic mass is 32.2. The largest absolute Gasteiger partial charge is 0.356 e. The third-order valence-electron chi connectivity index (χ3n) is 4.74. The monoisotopic (exact) mass is 499 g/mol. The van der Waals surface area contributed by atoms with Gasteiger partial charge < -0.3 is 10.3 Å². The molecule has 0 aliphatic heterocycles. The van der Waals surface area contributed by atoms with Gasteiger partial charge in [-0.15, -0.1) is 21.5 Å². The van der Waals surface area contributed by atoms with Gasteiger partial charge in [-0.1, -0.05) is 47.4 Å². The van der Waals surface area contributed by atoms with Crippen LogP contribution in [0.2, 0.25) is 0 Å². The Morgan fingerprint density at radius 1 is 1.00 bits per heavy atom. The summed E-state index contributed by atoms with van der Waals surface area (Å²) in [6.45, 7) is 0.514. The molecule has 166 valence electrons. The van der Waals surface area contributed by atoms with Crippen LogP contribution in [0.3, 0.4) is 0 Å². The third-order valence-corrected chi connectivity index (χ3v) is 7.64. The normalized spacial score (nSPS) is 11.2. The Morgan fingerprint density at radius 3 is 2.48 bits per heavy atom. The first-order valence-electron chi connectivity index (χ1n) is 9.76. The second-order valence-corrected chi connectivity index (χ2v) is 10.0. The molecule has 0 radical (unpaired) electrons.